The van der Waals surface area contributed by atoms with Gasteiger partial charge in [-0.25, -0.2) is 0 Å². The van der Waals surface area contributed by atoms with Crippen LogP contribution in [0.4, 0.5) is 13.2 Å². The van der Waals surface area contributed by atoms with Gasteiger partial charge < -0.3 is 5.11 Å². The first kappa shape index (κ1) is 14.0. The average Bonchev–Trinajstić information content (AvgIpc) is 2.15. The number of aliphatic hydroxyl groups is 1. The van der Waals surface area contributed by atoms with E-state index >= 15 is 0 Å². The van der Waals surface area contributed by atoms with Gasteiger partial charge in [-0.05, 0) is 17.0 Å². The molecule has 96 valence electrons. The fraction of sp³-hybridized carbons (Fsp3) is 0.538. The molecule has 1 aromatic carbocycles. The number of hydrogen-bond donors (Lipinski definition) is 1. The Hall–Kier alpha value is -1.03. The molecule has 1 N–H and O–H groups in total. The molecule has 1 unspecified atom stereocenters. The summed E-state index contributed by atoms with van der Waals surface area (Å²) < 4.78 is 37.7. The maximum Gasteiger partial charge on any atom is 0.416 e. The maximum absolute atomic E-state index is 12.6. The molecule has 0 radical (unpaired) electrons. The van der Waals surface area contributed by atoms with Crippen LogP contribution in [-0.4, -0.2) is 11.7 Å². The Morgan fingerprint density at radius 2 is 1.76 bits per heavy atom. The zero-order valence-electron chi connectivity index (χ0n) is 10.2. The van der Waals surface area contributed by atoms with E-state index in [1.165, 1.54) is 6.07 Å². The van der Waals surface area contributed by atoms with Crippen molar-refractivity contribution in [3.05, 3.63) is 35.4 Å². The number of halogens is 3. The van der Waals surface area contributed by atoms with E-state index in [-0.39, 0.29) is 17.9 Å². The molecule has 0 aliphatic heterocycles. The third-order valence-corrected chi connectivity index (χ3v) is 2.84. The zero-order valence-corrected chi connectivity index (χ0v) is 10.2. The average molecular weight is 246 g/mol. The van der Waals surface area contributed by atoms with Crippen molar-refractivity contribution in [2.75, 3.05) is 6.61 Å². The van der Waals surface area contributed by atoms with E-state index < -0.39 is 11.7 Å². The smallest absolute Gasteiger partial charge is 0.396 e. The maximum atomic E-state index is 12.6. The summed E-state index contributed by atoms with van der Waals surface area (Å²) in [5.74, 6) is -0.301. The lowest BCUT2D eigenvalue weighted by Crippen LogP contribution is -2.22. The number of benzene rings is 1. The van der Waals surface area contributed by atoms with Crippen LogP contribution in [0.25, 0.3) is 0 Å². The fourth-order valence-electron chi connectivity index (χ4n) is 1.81. The molecule has 0 aliphatic carbocycles. The van der Waals surface area contributed by atoms with Gasteiger partial charge in [0.25, 0.3) is 0 Å². The first-order valence-corrected chi connectivity index (χ1v) is 5.44. The molecule has 0 fully saturated rings. The minimum absolute atomic E-state index is 0.162. The minimum Gasteiger partial charge on any atom is -0.396 e. The van der Waals surface area contributed by atoms with Crippen LogP contribution in [0.15, 0.2) is 24.3 Å². The van der Waals surface area contributed by atoms with Crippen molar-refractivity contribution in [3.63, 3.8) is 0 Å². The standard InChI is InChI=1S/C13H17F3O/c1-12(2,3)11(8-17)9-5-4-6-10(7-9)13(14,15)16/h4-7,11,17H,8H2,1-3H3. The molecule has 0 saturated heterocycles. The van der Waals surface area contributed by atoms with Crippen molar-refractivity contribution < 1.29 is 18.3 Å². The number of hydrogen-bond acceptors (Lipinski definition) is 1. The van der Waals surface area contributed by atoms with E-state index in [0.717, 1.165) is 12.1 Å². The van der Waals surface area contributed by atoms with Crippen LogP contribution < -0.4 is 0 Å². The summed E-state index contributed by atoms with van der Waals surface area (Å²) in [5, 5.41) is 9.33. The third kappa shape index (κ3) is 3.46. The van der Waals surface area contributed by atoms with Gasteiger partial charge in [0.05, 0.1) is 12.2 Å². The van der Waals surface area contributed by atoms with Crippen molar-refractivity contribution >= 4 is 0 Å². The van der Waals surface area contributed by atoms with Gasteiger partial charge in [0.1, 0.15) is 0 Å². The lowest BCUT2D eigenvalue weighted by molar-refractivity contribution is -0.137. The highest BCUT2D eigenvalue weighted by Crippen LogP contribution is 2.37. The minimum atomic E-state index is -4.34. The molecule has 0 amide bonds. The van der Waals surface area contributed by atoms with Crippen LogP contribution in [-0.2, 0) is 6.18 Å². The summed E-state index contributed by atoms with van der Waals surface area (Å²) in [4.78, 5) is 0. The third-order valence-electron chi connectivity index (χ3n) is 2.84. The number of alkyl halides is 3. The summed E-state index contributed by atoms with van der Waals surface area (Å²) in [5.41, 5.74) is -0.425. The largest absolute Gasteiger partial charge is 0.416 e. The molecule has 0 aromatic heterocycles. The summed E-state index contributed by atoms with van der Waals surface area (Å²) in [7, 11) is 0. The van der Waals surface area contributed by atoms with Crippen LogP contribution >= 0.6 is 0 Å². The molecule has 0 spiro atoms. The lowest BCUT2D eigenvalue weighted by atomic mass is 9.77. The number of aliphatic hydroxyl groups excluding tert-OH is 1. The van der Waals surface area contributed by atoms with E-state index in [9.17, 15) is 18.3 Å². The highest BCUT2D eigenvalue weighted by atomic mass is 19.4. The van der Waals surface area contributed by atoms with Gasteiger partial charge in [0.15, 0.2) is 0 Å². The van der Waals surface area contributed by atoms with E-state index in [0.29, 0.717) is 5.56 Å². The van der Waals surface area contributed by atoms with Gasteiger partial charge in [0, 0.05) is 5.92 Å². The molecule has 17 heavy (non-hydrogen) atoms. The first-order chi connectivity index (χ1) is 7.66. The van der Waals surface area contributed by atoms with Gasteiger partial charge in [-0.15, -0.1) is 0 Å². The topological polar surface area (TPSA) is 20.2 Å². The fourth-order valence-corrected chi connectivity index (χ4v) is 1.81. The second kappa shape index (κ2) is 4.69. The Bertz CT molecular complexity index is 377. The quantitative estimate of drug-likeness (QED) is 0.840. The Morgan fingerprint density at radius 1 is 1.18 bits per heavy atom. The SMILES string of the molecule is CC(C)(C)C(CO)c1cccc(C(F)(F)F)c1. The van der Waals surface area contributed by atoms with Crippen LogP contribution in [0.1, 0.15) is 37.8 Å². The van der Waals surface area contributed by atoms with Crippen LogP contribution in [0.3, 0.4) is 0 Å². The molecular weight excluding hydrogens is 229 g/mol. The van der Waals surface area contributed by atoms with Gasteiger partial charge in [-0.2, -0.15) is 13.2 Å². The molecule has 1 atom stereocenters. The molecule has 0 saturated carbocycles. The summed E-state index contributed by atoms with van der Waals surface area (Å²) >= 11 is 0. The second-order valence-corrected chi connectivity index (χ2v) is 5.22. The monoisotopic (exact) mass is 246 g/mol. The summed E-state index contributed by atoms with van der Waals surface area (Å²) in [6.07, 6.45) is -4.34. The predicted octanol–water partition coefficient (Wildman–Crippen LogP) is 3.83. The molecule has 1 aromatic rings. The van der Waals surface area contributed by atoms with Crippen molar-refractivity contribution in [2.24, 2.45) is 5.41 Å². The van der Waals surface area contributed by atoms with Crippen molar-refractivity contribution in [3.8, 4) is 0 Å². The molecule has 0 aliphatic rings. The van der Waals surface area contributed by atoms with E-state index in [2.05, 4.69) is 0 Å². The highest BCUT2D eigenvalue weighted by molar-refractivity contribution is 5.29. The molecular formula is C13H17F3O. The van der Waals surface area contributed by atoms with Crippen molar-refractivity contribution in [1.29, 1.82) is 0 Å². The Kier molecular flexibility index (Phi) is 3.87. The van der Waals surface area contributed by atoms with E-state index in [1.807, 2.05) is 20.8 Å². The first-order valence-electron chi connectivity index (χ1n) is 5.44. The molecule has 1 rings (SSSR count). The van der Waals surface area contributed by atoms with Gasteiger partial charge in [-0.3, -0.25) is 0 Å². The van der Waals surface area contributed by atoms with Gasteiger partial charge in [-0.1, -0.05) is 39.0 Å². The van der Waals surface area contributed by atoms with E-state index in [1.54, 1.807) is 6.07 Å². The molecule has 0 heterocycles. The van der Waals surface area contributed by atoms with Crippen molar-refractivity contribution in [2.45, 2.75) is 32.9 Å². The summed E-state index contributed by atoms with van der Waals surface area (Å²) in [6.45, 7) is 5.53. The zero-order chi connectivity index (χ0) is 13.3. The Morgan fingerprint density at radius 3 is 2.18 bits per heavy atom. The Labute approximate surface area is 99.3 Å². The molecule has 1 nitrogen and oxygen atoms in total. The molecule has 0 bridgehead atoms. The van der Waals surface area contributed by atoms with Crippen LogP contribution in [0.2, 0.25) is 0 Å². The molecule has 4 heteroatoms. The van der Waals surface area contributed by atoms with E-state index in [4.69, 9.17) is 0 Å². The van der Waals surface area contributed by atoms with Gasteiger partial charge >= 0.3 is 6.18 Å². The van der Waals surface area contributed by atoms with Crippen LogP contribution in [0, 0.1) is 5.41 Å². The number of rotatable bonds is 2. The lowest BCUT2D eigenvalue weighted by Gasteiger charge is -2.29. The second-order valence-electron chi connectivity index (χ2n) is 5.22. The van der Waals surface area contributed by atoms with Crippen LogP contribution in [0.5, 0.6) is 0 Å². The van der Waals surface area contributed by atoms with Gasteiger partial charge in [0.2, 0.25) is 0 Å². The summed E-state index contributed by atoms with van der Waals surface area (Å²) in [6, 6.07) is 5.17. The Balaban J connectivity index is 3.15. The highest BCUT2D eigenvalue weighted by Gasteiger charge is 2.32. The van der Waals surface area contributed by atoms with Crippen molar-refractivity contribution in [1.82, 2.24) is 0 Å². The normalized spacial score (nSPS) is 14.8. The predicted molar refractivity (Wildman–Crippen MR) is 60.7 cm³/mol.